The average Bonchev–Trinajstić information content (AvgIpc) is 3.42. The van der Waals surface area contributed by atoms with Gasteiger partial charge in [-0.25, -0.2) is 4.98 Å². The van der Waals surface area contributed by atoms with Gasteiger partial charge in [-0.2, -0.15) is 0 Å². The van der Waals surface area contributed by atoms with Crippen LogP contribution in [0.1, 0.15) is 54.4 Å². The highest BCUT2D eigenvalue weighted by Gasteiger charge is 2.35. The molecule has 0 radical (unpaired) electrons. The molecular formula is C19H24N4O2. The lowest BCUT2D eigenvalue weighted by molar-refractivity contribution is -0.0313. The summed E-state index contributed by atoms with van der Waals surface area (Å²) in [6.45, 7) is 4.17. The zero-order valence-corrected chi connectivity index (χ0v) is 14.5. The van der Waals surface area contributed by atoms with Crippen molar-refractivity contribution in [1.29, 1.82) is 0 Å². The Kier molecular flexibility index (Phi) is 4.17. The minimum atomic E-state index is -0.856. The van der Waals surface area contributed by atoms with Crippen LogP contribution < -0.4 is 5.56 Å². The van der Waals surface area contributed by atoms with Crippen LogP contribution in [0.4, 0.5) is 0 Å². The monoisotopic (exact) mass is 340 g/mol. The lowest BCUT2D eigenvalue weighted by atomic mass is 9.87. The first-order chi connectivity index (χ1) is 12.0. The minimum absolute atomic E-state index is 0.0655. The van der Waals surface area contributed by atoms with E-state index >= 15 is 0 Å². The van der Waals surface area contributed by atoms with Crippen LogP contribution in [-0.2, 0) is 12.1 Å². The number of nitrogens with one attached hydrogen (secondary N) is 1. The van der Waals surface area contributed by atoms with Crippen molar-refractivity contribution in [3.63, 3.8) is 0 Å². The van der Waals surface area contributed by atoms with Crippen molar-refractivity contribution in [3.05, 3.63) is 57.5 Å². The number of aromatic amines is 1. The first-order valence-electron chi connectivity index (χ1n) is 9.00. The molecule has 1 aliphatic carbocycles. The van der Waals surface area contributed by atoms with Gasteiger partial charge >= 0.3 is 0 Å². The summed E-state index contributed by atoms with van der Waals surface area (Å²) in [5.74, 6) is 1.27. The summed E-state index contributed by atoms with van der Waals surface area (Å²) in [7, 11) is 0. The third kappa shape index (κ3) is 3.65. The maximum Gasteiger partial charge on any atom is 0.251 e. The Balaban J connectivity index is 1.42. The Bertz CT molecular complexity index is 803. The maximum atomic E-state index is 11.8. The zero-order chi connectivity index (χ0) is 17.4. The predicted molar refractivity (Wildman–Crippen MR) is 94.2 cm³/mol. The van der Waals surface area contributed by atoms with Crippen LogP contribution in [0.15, 0.2) is 29.2 Å². The van der Waals surface area contributed by atoms with E-state index < -0.39 is 5.60 Å². The summed E-state index contributed by atoms with van der Waals surface area (Å²) in [6, 6.07) is 5.51. The number of H-pyrrole nitrogens is 1. The second-order valence-electron chi connectivity index (χ2n) is 7.42. The molecule has 2 N–H and O–H groups in total. The number of aliphatic hydroxyl groups is 1. The second kappa shape index (κ2) is 6.35. The molecular weight excluding hydrogens is 316 g/mol. The summed E-state index contributed by atoms with van der Waals surface area (Å²) in [5, 5.41) is 10.9. The summed E-state index contributed by atoms with van der Waals surface area (Å²) >= 11 is 0. The third-order valence-electron chi connectivity index (χ3n) is 5.23. The van der Waals surface area contributed by atoms with E-state index in [0.29, 0.717) is 25.3 Å². The normalized spacial score (nSPS) is 20.6. The first-order valence-corrected chi connectivity index (χ1v) is 9.00. The molecule has 0 amide bonds. The fraction of sp³-hybridized carbons (Fsp3) is 0.526. The van der Waals surface area contributed by atoms with Gasteiger partial charge in [0.2, 0.25) is 0 Å². The minimum Gasteiger partial charge on any atom is -0.383 e. The molecule has 2 aliphatic rings. The van der Waals surface area contributed by atoms with E-state index in [0.717, 1.165) is 48.7 Å². The molecule has 3 heterocycles. The quantitative estimate of drug-likeness (QED) is 0.887. The molecule has 0 bridgehead atoms. The van der Waals surface area contributed by atoms with E-state index in [9.17, 15) is 9.90 Å². The molecule has 0 aromatic carbocycles. The molecule has 0 spiro atoms. The highest BCUT2D eigenvalue weighted by atomic mass is 16.3. The van der Waals surface area contributed by atoms with Gasteiger partial charge in [0.25, 0.3) is 5.56 Å². The van der Waals surface area contributed by atoms with Gasteiger partial charge in [-0.1, -0.05) is 6.07 Å². The van der Waals surface area contributed by atoms with Crippen LogP contribution in [0.25, 0.3) is 0 Å². The second-order valence-corrected chi connectivity index (χ2v) is 7.42. The Hall–Kier alpha value is -2.05. The fourth-order valence-electron chi connectivity index (χ4n) is 3.47. The van der Waals surface area contributed by atoms with E-state index in [1.54, 1.807) is 12.3 Å². The van der Waals surface area contributed by atoms with E-state index in [1.807, 2.05) is 19.1 Å². The molecule has 0 atom stereocenters. The molecule has 25 heavy (non-hydrogen) atoms. The van der Waals surface area contributed by atoms with Crippen LogP contribution in [-0.4, -0.2) is 38.0 Å². The number of hydrogen-bond acceptors (Lipinski definition) is 5. The van der Waals surface area contributed by atoms with Gasteiger partial charge in [0.15, 0.2) is 0 Å². The van der Waals surface area contributed by atoms with Crippen molar-refractivity contribution in [3.8, 4) is 0 Å². The van der Waals surface area contributed by atoms with Crippen molar-refractivity contribution in [1.82, 2.24) is 19.9 Å². The Morgan fingerprint density at radius 1 is 1.32 bits per heavy atom. The SMILES string of the molecule is Cc1ccc(C2(O)CCN(Cc3cc(=O)[nH]c(C4CC4)n3)CC2)nc1. The molecule has 2 aromatic heterocycles. The van der Waals surface area contributed by atoms with Crippen LogP contribution in [0, 0.1) is 6.92 Å². The van der Waals surface area contributed by atoms with Gasteiger partial charge in [-0.3, -0.25) is 14.7 Å². The molecule has 1 saturated carbocycles. The van der Waals surface area contributed by atoms with Crippen molar-refractivity contribution < 1.29 is 5.11 Å². The van der Waals surface area contributed by atoms with Gasteiger partial charge in [0, 0.05) is 37.8 Å². The number of piperidine rings is 1. The molecule has 6 heteroatoms. The summed E-state index contributed by atoms with van der Waals surface area (Å²) in [6.07, 6.45) is 5.32. The number of hydrogen-bond donors (Lipinski definition) is 2. The number of nitrogens with zero attached hydrogens (tertiary/aromatic N) is 3. The van der Waals surface area contributed by atoms with Crippen molar-refractivity contribution >= 4 is 0 Å². The van der Waals surface area contributed by atoms with E-state index in [1.165, 1.54) is 0 Å². The molecule has 6 nitrogen and oxygen atoms in total. The van der Waals surface area contributed by atoms with Gasteiger partial charge in [0.1, 0.15) is 11.4 Å². The van der Waals surface area contributed by atoms with E-state index in [4.69, 9.17) is 0 Å². The van der Waals surface area contributed by atoms with Gasteiger partial charge in [0.05, 0.1) is 11.4 Å². The third-order valence-corrected chi connectivity index (χ3v) is 5.23. The first kappa shape index (κ1) is 16.4. The highest BCUT2D eigenvalue weighted by Crippen LogP contribution is 2.37. The predicted octanol–water partition coefficient (Wildman–Crippen LogP) is 1.83. The molecule has 1 aliphatic heterocycles. The van der Waals surface area contributed by atoms with Crippen molar-refractivity contribution in [2.24, 2.45) is 0 Å². The molecule has 0 unspecified atom stereocenters. The molecule has 2 fully saturated rings. The molecule has 4 rings (SSSR count). The number of aromatic nitrogens is 3. The van der Waals surface area contributed by atoms with Crippen LogP contribution in [0.2, 0.25) is 0 Å². The van der Waals surface area contributed by atoms with Gasteiger partial charge in [-0.05, 0) is 44.2 Å². The summed E-state index contributed by atoms with van der Waals surface area (Å²) < 4.78 is 0. The van der Waals surface area contributed by atoms with E-state index in [2.05, 4.69) is 19.9 Å². The average molecular weight is 340 g/mol. The standard InChI is InChI=1S/C19H24N4O2/c1-13-2-5-16(20-11-13)19(25)6-8-23(9-7-19)12-15-10-17(24)22-18(21-15)14-3-4-14/h2,5,10-11,14,25H,3-4,6-9,12H2,1H3,(H,21,22,24). The lowest BCUT2D eigenvalue weighted by Gasteiger charge is -2.37. The molecule has 132 valence electrons. The van der Waals surface area contributed by atoms with Gasteiger partial charge in [-0.15, -0.1) is 0 Å². The Labute approximate surface area is 147 Å². The smallest absolute Gasteiger partial charge is 0.251 e. The number of rotatable bonds is 4. The summed E-state index contributed by atoms with van der Waals surface area (Å²) in [5.41, 5.74) is 1.75. The number of pyridine rings is 1. The number of aryl methyl sites for hydroxylation is 1. The fourth-order valence-corrected chi connectivity index (χ4v) is 3.47. The van der Waals surface area contributed by atoms with Crippen LogP contribution >= 0.6 is 0 Å². The highest BCUT2D eigenvalue weighted by molar-refractivity contribution is 5.19. The maximum absolute atomic E-state index is 11.8. The van der Waals surface area contributed by atoms with Crippen LogP contribution in [0.5, 0.6) is 0 Å². The molecule has 1 saturated heterocycles. The van der Waals surface area contributed by atoms with Crippen LogP contribution in [0.3, 0.4) is 0 Å². The number of likely N-dealkylation sites (tertiary alicyclic amines) is 1. The largest absolute Gasteiger partial charge is 0.383 e. The van der Waals surface area contributed by atoms with E-state index in [-0.39, 0.29) is 5.56 Å². The summed E-state index contributed by atoms with van der Waals surface area (Å²) in [4.78, 5) is 26.0. The van der Waals surface area contributed by atoms with Crippen molar-refractivity contribution in [2.75, 3.05) is 13.1 Å². The van der Waals surface area contributed by atoms with Crippen molar-refractivity contribution in [2.45, 2.75) is 50.7 Å². The lowest BCUT2D eigenvalue weighted by Crippen LogP contribution is -2.42. The Morgan fingerprint density at radius 2 is 2.08 bits per heavy atom. The Morgan fingerprint density at radius 3 is 2.72 bits per heavy atom. The van der Waals surface area contributed by atoms with Gasteiger partial charge < -0.3 is 10.1 Å². The molecule has 2 aromatic rings. The topological polar surface area (TPSA) is 82.1 Å². The zero-order valence-electron chi connectivity index (χ0n) is 14.5.